The molecule has 0 unspecified atom stereocenters. The molecule has 1 aliphatic rings. The van der Waals surface area contributed by atoms with Gasteiger partial charge in [0.1, 0.15) is 0 Å². The number of rotatable bonds is 5. The van der Waals surface area contributed by atoms with Gasteiger partial charge in [-0.05, 0) is 26.7 Å². The molecule has 18 heavy (non-hydrogen) atoms. The fourth-order valence-electron chi connectivity index (χ4n) is 2.11. The number of aliphatic carboxylic acids is 1. The molecule has 0 aromatic rings. The van der Waals surface area contributed by atoms with Crippen molar-refractivity contribution in [3.63, 3.8) is 0 Å². The molecular formula is C11H22N2O4S. The molecule has 1 heterocycles. The smallest absolute Gasteiger partial charge is 0.305 e. The molecule has 106 valence electrons. The van der Waals surface area contributed by atoms with Gasteiger partial charge in [-0.3, -0.25) is 4.79 Å². The Bertz CT molecular complexity index is 384. The second-order valence-electron chi connectivity index (χ2n) is 5.37. The van der Waals surface area contributed by atoms with E-state index in [0.717, 1.165) is 25.7 Å². The van der Waals surface area contributed by atoms with Crippen LogP contribution in [0.4, 0.5) is 0 Å². The maximum absolute atomic E-state index is 12.2. The van der Waals surface area contributed by atoms with Crippen LogP contribution in [0.5, 0.6) is 0 Å². The van der Waals surface area contributed by atoms with Crippen LogP contribution >= 0.6 is 0 Å². The van der Waals surface area contributed by atoms with E-state index in [9.17, 15) is 13.2 Å². The van der Waals surface area contributed by atoms with Crippen LogP contribution in [0.25, 0.3) is 0 Å². The Hall–Kier alpha value is -0.660. The molecule has 7 heteroatoms. The predicted octanol–water partition coefficient (Wildman–Crippen LogP) is 0.950. The molecule has 2 N–H and O–H groups in total. The highest BCUT2D eigenvalue weighted by atomic mass is 32.2. The number of carbonyl (C=O) groups is 1. The first-order chi connectivity index (χ1) is 8.23. The van der Waals surface area contributed by atoms with E-state index in [2.05, 4.69) is 4.72 Å². The number of nitrogens with one attached hydrogen (secondary N) is 1. The van der Waals surface area contributed by atoms with Crippen LogP contribution < -0.4 is 4.72 Å². The Kier molecular flexibility index (Phi) is 5.12. The summed E-state index contributed by atoms with van der Waals surface area (Å²) in [6.07, 6.45) is 3.58. The van der Waals surface area contributed by atoms with Crippen molar-refractivity contribution >= 4 is 16.2 Å². The van der Waals surface area contributed by atoms with Gasteiger partial charge >= 0.3 is 5.97 Å². The van der Waals surface area contributed by atoms with E-state index in [1.807, 2.05) is 0 Å². The van der Waals surface area contributed by atoms with Crippen molar-refractivity contribution in [2.45, 2.75) is 51.5 Å². The molecule has 6 nitrogen and oxygen atoms in total. The normalized spacial score (nSPS) is 19.4. The van der Waals surface area contributed by atoms with Crippen LogP contribution in [0.1, 0.15) is 46.0 Å². The minimum Gasteiger partial charge on any atom is -0.481 e. The monoisotopic (exact) mass is 278 g/mol. The Balaban J connectivity index is 2.70. The Labute approximate surface area is 109 Å². The molecule has 0 saturated carbocycles. The Morgan fingerprint density at radius 1 is 1.22 bits per heavy atom. The quantitative estimate of drug-likeness (QED) is 0.784. The van der Waals surface area contributed by atoms with Crippen molar-refractivity contribution < 1.29 is 18.3 Å². The van der Waals surface area contributed by atoms with Crippen LogP contribution in [-0.2, 0) is 15.0 Å². The summed E-state index contributed by atoms with van der Waals surface area (Å²) in [5.74, 6) is -1.02. The molecule has 1 aliphatic heterocycles. The Morgan fingerprint density at radius 3 is 2.17 bits per heavy atom. The molecule has 0 atom stereocenters. The third kappa shape index (κ3) is 4.91. The van der Waals surface area contributed by atoms with E-state index < -0.39 is 21.7 Å². The minimum absolute atomic E-state index is 0.236. The van der Waals surface area contributed by atoms with Gasteiger partial charge in [-0.15, -0.1) is 0 Å². The van der Waals surface area contributed by atoms with Crippen molar-refractivity contribution in [2.75, 3.05) is 13.1 Å². The zero-order valence-corrected chi connectivity index (χ0v) is 11.8. The summed E-state index contributed by atoms with van der Waals surface area (Å²) in [4.78, 5) is 10.7. The summed E-state index contributed by atoms with van der Waals surface area (Å²) in [5.41, 5.74) is -0.975. The summed E-state index contributed by atoms with van der Waals surface area (Å²) in [6, 6.07) is 0. The zero-order chi connectivity index (χ0) is 13.8. The number of hydrogen-bond donors (Lipinski definition) is 2. The second kappa shape index (κ2) is 5.99. The predicted molar refractivity (Wildman–Crippen MR) is 68.4 cm³/mol. The SMILES string of the molecule is CC(C)(CC(=O)O)NS(=O)(=O)N1CCCCCC1. The van der Waals surface area contributed by atoms with Gasteiger partial charge in [0, 0.05) is 18.6 Å². The highest BCUT2D eigenvalue weighted by Crippen LogP contribution is 2.16. The van der Waals surface area contributed by atoms with Crippen LogP contribution in [0.15, 0.2) is 0 Å². The number of carboxylic acid groups (broad SMARTS) is 1. The standard InChI is InChI=1S/C11H22N2O4S/c1-11(2,9-10(14)15)12-18(16,17)13-7-5-3-4-6-8-13/h12H,3-9H2,1-2H3,(H,14,15). The van der Waals surface area contributed by atoms with E-state index in [0.29, 0.717) is 13.1 Å². The molecule has 0 radical (unpaired) electrons. The topological polar surface area (TPSA) is 86.7 Å². The highest BCUT2D eigenvalue weighted by molar-refractivity contribution is 7.87. The van der Waals surface area contributed by atoms with Crippen molar-refractivity contribution in [2.24, 2.45) is 0 Å². The third-order valence-electron chi connectivity index (χ3n) is 2.90. The average Bonchev–Trinajstić information content (AvgIpc) is 2.40. The molecule has 1 fully saturated rings. The van der Waals surface area contributed by atoms with Gasteiger partial charge in [0.05, 0.1) is 6.42 Å². The summed E-state index contributed by atoms with van der Waals surface area (Å²) in [6.45, 7) is 4.18. The summed E-state index contributed by atoms with van der Waals surface area (Å²) in [7, 11) is -3.59. The minimum atomic E-state index is -3.59. The van der Waals surface area contributed by atoms with E-state index in [1.165, 1.54) is 4.31 Å². The van der Waals surface area contributed by atoms with Crippen LogP contribution in [-0.4, -0.2) is 42.4 Å². The molecule has 0 spiro atoms. The first kappa shape index (κ1) is 15.4. The molecule has 0 aromatic carbocycles. The molecule has 1 saturated heterocycles. The van der Waals surface area contributed by atoms with Gasteiger partial charge in [0.2, 0.25) is 0 Å². The van der Waals surface area contributed by atoms with Gasteiger partial charge in [0.15, 0.2) is 0 Å². The van der Waals surface area contributed by atoms with Crippen LogP contribution in [0.3, 0.4) is 0 Å². The van der Waals surface area contributed by atoms with Crippen molar-refractivity contribution in [1.29, 1.82) is 0 Å². The van der Waals surface area contributed by atoms with E-state index in [-0.39, 0.29) is 6.42 Å². The second-order valence-corrected chi connectivity index (χ2v) is 7.05. The lowest BCUT2D eigenvalue weighted by Crippen LogP contribution is -2.51. The summed E-state index contributed by atoms with van der Waals surface area (Å²) >= 11 is 0. The van der Waals surface area contributed by atoms with Gasteiger partial charge in [0.25, 0.3) is 10.2 Å². The molecule has 0 aromatic heterocycles. The lowest BCUT2D eigenvalue weighted by atomic mass is 10.0. The number of nitrogens with zero attached hydrogens (tertiary/aromatic N) is 1. The average molecular weight is 278 g/mol. The number of carboxylic acids is 1. The third-order valence-corrected chi connectivity index (χ3v) is 4.76. The zero-order valence-electron chi connectivity index (χ0n) is 11.0. The molecule has 1 rings (SSSR count). The maximum atomic E-state index is 12.2. The van der Waals surface area contributed by atoms with Crippen LogP contribution in [0.2, 0.25) is 0 Å². The fourth-order valence-corrected chi connectivity index (χ4v) is 3.75. The molecule has 0 amide bonds. The Morgan fingerprint density at radius 2 is 1.72 bits per heavy atom. The van der Waals surface area contributed by atoms with Crippen molar-refractivity contribution in [1.82, 2.24) is 9.03 Å². The van der Waals surface area contributed by atoms with Gasteiger partial charge in [-0.1, -0.05) is 12.8 Å². The number of hydrogen-bond acceptors (Lipinski definition) is 3. The lowest BCUT2D eigenvalue weighted by molar-refractivity contribution is -0.138. The van der Waals surface area contributed by atoms with Gasteiger partial charge in [-0.2, -0.15) is 17.4 Å². The largest absolute Gasteiger partial charge is 0.481 e. The first-order valence-corrected chi connectivity index (χ1v) is 7.68. The highest BCUT2D eigenvalue weighted by Gasteiger charge is 2.31. The molecule has 0 aliphatic carbocycles. The van der Waals surface area contributed by atoms with Gasteiger partial charge in [-0.25, -0.2) is 0 Å². The summed E-state index contributed by atoms with van der Waals surface area (Å²) in [5, 5.41) is 8.75. The summed E-state index contributed by atoms with van der Waals surface area (Å²) < 4.78 is 28.2. The van der Waals surface area contributed by atoms with E-state index in [1.54, 1.807) is 13.8 Å². The van der Waals surface area contributed by atoms with Crippen LogP contribution in [0, 0.1) is 0 Å². The first-order valence-electron chi connectivity index (χ1n) is 6.24. The lowest BCUT2D eigenvalue weighted by Gasteiger charge is -2.28. The van der Waals surface area contributed by atoms with E-state index >= 15 is 0 Å². The van der Waals surface area contributed by atoms with Gasteiger partial charge < -0.3 is 5.11 Å². The van der Waals surface area contributed by atoms with Crippen molar-refractivity contribution in [3.05, 3.63) is 0 Å². The maximum Gasteiger partial charge on any atom is 0.305 e. The molecule has 0 bridgehead atoms. The van der Waals surface area contributed by atoms with E-state index in [4.69, 9.17) is 5.11 Å². The van der Waals surface area contributed by atoms with Crippen molar-refractivity contribution in [3.8, 4) is 0 Å². The molecular weight excluding hydrogens is 256 g/mol. The fraction of sp³-hybridized carbons (Fsp3) is 0.909.